The predicted octanol–water partition coefficient (Wildman–Crippen LogP) is 6.42. The molecule has 2 aromatic carbocycles. The van der Waals surface area contributed by atoms with Crippen LogP contribution in [0.1, 0.15) is 31.7 Å². The number of nitrogens with zero attached hydrogens (tertiary/aromatic N) is 3. The fourth-order valence-electron chi connectivity index (χ4n) is 2.93. The zero-order valence-corrected chi connectivity index (χ0v) is 15.1. The maximum atomic E-state index is 4.39. The van der Waals surface area contributed by atoms with Crippen molar-refractivity contribution < 1.29 is 0 Å². The summed E-state index contributed by atoms with van der Waals surface area (Å²) in [6.07, 6.45) is 4.86. The summed E-state index contributed by atoms with van der Waals surface area (Å²) in [4.78, 5) is 2.51. The van der Waals surface area contributed by atoms with Gasteiger partial charge in [0, 0.05) is 23.2 Å². The number of hydrogen-bond donors (Lipinski definition) is 0. The highest BCUT2D eigenvalue weighted by Crippen LogP contribution is 2.31. The lowest BCUT2D eigenvalue weighted by molar-refractivity contribution is 0.658. The molecule has 0 unspecified atom stereocenters. The van der Waals surface area contributed by atoms with Gasteiger partial charge in [-0.15, -0.1) is 0 Å². The van der Waals surface area contributed by atoms with Crippen molar-refractivity contribution in [1.29, 1.82) is 0 Å². The molecule has 0 spiro atoms. The van der Waals surface area contributed by atoms with E-state index in [1.165, 1.54) is 37.1 Å². The smallest absolute Gasteiger partial charge is 0.0861 e. The van der Waals surface area contributed by atoms with Crippen LogP contribution < -0.4 is 4.90 Å². The van der Waals surface area contributed by atoms with Gasteiger partial charge in [-0.1, -0.05) is 29.3 Å². The second-order valence-electron chi connectivity index (χ2n) is 5.93. The Morgan fingerprint density at radius 2 is 1.78 bits per heavy atom. The molecule has 0 N–H and O–H groups in total. The predicted molar refractivity (Wildman–Crippen MR) is 100 cm³/mol. The average Bonchev–Trinajstić information content (AvgIpc) is 2.59. The van der Waals surface area contributed by atoms with Gasteiger partial charge in [-0.2, -0.15) is 10.2 Å². The normalized spacial score (nSPS) is 14.3. The van der Waals surface area contributed by atoms with Crippen molar-refractivity contribution in [3.63, 3.8) is 0 Å². The lowest BCUT2D eigenvalue weighted by atomic mass is 10.0. The third-order valence-electron chi connectivity index (χ3n) is 4.17. The van der Waals surface area contributed by atoms with Crippen LogP contribution in [0.3, 0.4) is 0 Å². The van der Waals surface area contributed by atoms with Crippen LogP contribution in [-0.4, -0.2) is 13.1 Å². The number of hydrogen-bond acceptors (Lipinski definition) is 3. The molecule has 0 fully saturated rings. The summed E-state index contributed by atoms with van der Waals surface area (Å²) >= 11 is 3.43. The largest absolute Gasteiger partial charge is 0.371 e. The zero-order chi connectivity index (χ0) is 16.1. The molecule has 0 saturated heterocycles. The van der Waals surface area contributed by atoms with Crippen molar-refractivity contribution in [1.82, 2.24) is 0 Å². The van der Waals surface area contributed by atoms with Crippen LogP contribution in [0.15, 0.2) is 57.2 Å². The number of halogens is 1. The molecule has 1 aliphatic heterocycles. The fraction of sp³-hybridized carbons (Fsp3) is 0.368. The Labute approximate surface area is 146 Å². The molecule has 0 aromatic heterocycles. The molecule has 23 heavy (non-hydrogen) atoms. The Morgan fingerprint density at radius 3 is 2.57 bits per heavy atom. The van der Waals surface area contributed by atoms with Gasteiger partial charge in [0.15, 0.2) is 0 Å². The molecule has 3 nitrogen and oxygen atoms in total. The molecule has 3 rings (SSSR count). The number of fused-ring (bicyclic) bond motifs is 1. The molecule has 0 amide bonds. The van der Waals surface area contributed by atoms with Gasteiger partial charge >= 0.3 is 0 Å². The van der Waals surface area contributed by atoms with Crippen LogP contribution in [0, 0.1) is 0 Å². The molecule has 1 aliphatic rings. The SMILES string of the molecule is CCCCN1CCCc2cc(N=Nc3ccc(Br)cc3)ccc21. The highest BCUT2D eigenvalue weighted by molar-refractivity contribution is 9.10. The van der Waals surface area contributed by atoms with E-state index in [-0.39, 0.29) is 0 Å². The standard InChI is InChI=1S/C19H22BrN3/c1-2-3-12-23-13-4-5-15-14-18(10-11-19(15)23)22-21-17-8-6-16(20)7-9-17/h6-11,14H,2-5,12-13H2,1H3. The Bertz CT molecular complexity index is 680. The Hall–Kier alpha value is -1.68. The molecular formula is C19H22BrN3. The number of anilines is 1. The number of rotatable bonds is 5. The van der Waals surface area contributed by atoms with Gasteiger partial charge in [-0.3, -0.25) is 0 Å². The van der Waals surface area contributed by atoms with E-state index in [0.717, 1.165) is 28.8 Å². The number of unbranched alkanes of at least 4 members (excludes halogenated alkanes) is 1. The summed E-state index contributed by atoms with van der Waals surface area (Å²) in [5, 5.41) is 8.72. The molecule has 0 atom stereocenters. The van der Waals surface area contributed by atoms with E-state index in [1.54, 1.807) is 0 Å². The first-order chi connectivity index (χ1) is 11.3. The summed E-state index contributed by atoms with van der Waals surface area (Å²) in [6, 6.07) is 14.3. The van der Waals surface area contributed by atoms with Crippen LogP contribution in [0.25, 0.3) is 0 Å². The molecule has 4 heteroatoms. The minimum Gasteiger partial charge on any atom is -0.371 e. The number of azo groups is 1. The summed E-state index contributed by atoms with van der Waals surface area (Å²) in [5.41, 5.74) is 4.59. The van der Waals surface area contributed by atoms with E-state index in [1.807, 2.05) is 24.3 Å². The zero-order valence-electron chi connectivity index (χ0n) is 13.5. The summed E-state index contributed by atoms with van der Waals surface area (Å²) in [6.45, 7) is 4.58. The van der Waals surface area contributed by atoms with Crippen molar-refractivity contribution in [3.8, 4) is 0 Å². The van der Waals surface area contributed by atoms with Gasteiger partial charge < -0.3 is 4.90 Å². The molecular weight excluding hydrogens is 350 g/mol. The van der Waals surface area contributed by atoms with E-state index < -0.39 is 0 Å². The van der Waals surface area contributed by atoms with Gasteiger partial charge in [0.1, 0.15) is 0 Å². The lowest BCUT2D eigenvalue weighted by Crippen LogP contribution is -2.30. The quantitative estimate of drug-likeness (QED) is 0.557. The molecule has 0 bridgehead atoms. The fourth-order valence-corrected chi connectivity index (χ4v) is 3.19. The van der Waals surface area contributed by atoms with E-state index >= 15 is 0 Å². The van der Waals surface area contributed by atoms with E-state index in [0.29, 0.717) is 0 Å². The topological polar surface area (TPSA) is 28.0 Å². The van der Waals surface area contributed by atoms with Crippen LogP contribution >= 0.6 is 15.9 Å². The minimum absolute atomic E-state index is 0.871. The molecule has 0 radical (unpaired) electrons. The summed E-state index contributed by atoms with van der Waals surface area (Å²) in [7, 11) is 0. The van der Waals surface area contributed by atoms with Gasteiger partial charge in [-0.25, -0.2) is 0 Å². The Kier molecular flexibility index (Phi) is 5.44. The number of benzene rings is 2. The van der Waals surface area contributed by atoms with Crippen molar-refractivity contribution in [2.45, 2.75) is 32.6 Å². The van der Waals surface area contributed by atoms with E-state index in [2.05, 4.69) is 56.2 Å². The van der Waals surface area contributed by atoms with Gasteiger partial charge in [0.25, 0.3) is 0 Å². The summed E-state index contributed by atoms with van der Waals surface area (Å²) in [5.74, 6) is 0. The number of aryl methyl sites for hydroxylation is 1. The van der Waals surface area contributed by atoms with Gasteiger partial charge in [0.2, 0.25) is 0 Å². The van der Waals surface area contributed by atoms with Gasteiger partial charge in [0.05, 0.1) is 11.4 Å². The first-order valence-corrected chi connectivity index (χ1v) is 9.11. The Balaban J connectivity index is 1.76. The first kappa shape index (κ1) is 16.2. The molecule has 0 saturated carbocycles. The van der Waals surface area contributed by atoms with E-state index in [9.17, 15) is 0 Å². The highest BCUT2D eigenvalue weighted by atomic mass is 79.9. The maximum Gasteiger partial charge on any atom is 0.0861 e. The second kappa shape index (κ2) is 7.73. The first-order valence-electron chi connectivity index (χ1n) is 8.31. The van der Waals surface area contributed by atoms with Crippen molar-refractivity contribution in [2.75, 3.05) is 18.0 Å². The monoisotopic (exact) mass is 371 g/mol. The third-order valence-corrected chi connectivity index (χ3v) is 4.70. The van der Waals surface area contributed by atoms with Crippen molar-refractivity contribution in [2.24, 2.45) is 10.2 Å². The molecule has 2 aromatic rings. The van der Waals surface area contributed by atoms with Crippen LogP contribution in [0.5, 0.6) is 0 Å². The van der Waals surface area contributed by atoms with Crippen molar-refractivity contribution in [3.05, 3.63) is 52.5 Å². The lowest BCUT2D eigenvalue weighted by Gasteiger charge is -2.31. The van der Waals surface area contributed by atoms with Crippen LogP contribution in [-0.2, 0) is 6.42 Å². The minimum atomic E-state index is 0.871. The molecule has 0 aliphatic carbocycles. The van der Waals surface area contributed by atoms with Crippen molar-refractivity contribution >= 4 is 33.0 Å². The average molecular weight is 372 g/mol. The Morgan fingerprint density at radius 1 is 1.04 bits per heavy atom. The maximum absolute atomic E-state index is 4.39. The summed E-state index contributed by atoms with van der Waals surface area (Å²) < 4.78 is 1.05. The third kappa shape index (κ3) is 4.20. The highest BCUT2D eigenvalue weighted by Gasteiger charge is 2.16. The van der Waals surface area contributed by atoms with Gasteiger partial charge in [-0.05, 0) is 67.3 Å². The van der Waals surface area contributed by atoms with Crippen LogP contribution in [0.2, 0.25) is 0 Å². The second-order valence-corrected chi connectivity index (χ2v) is 6.85. The van der Waals surface area contributed by atoms with Crippen LogP contribution in [0.4, 0.5) is 17.1 Å². The van der Waals surface area contributed by atoms with E-state index in [4.69, 9.17) is 0 Å². The molecule has 120 valence electrons. The molecule has 1 heterocycles.